The molecule has 1 N–H and O–H groups in total. The number of hydrogen-bond acceptors (Lipinski definition) is 5. The van der Waals surface area contributed by atoms with Crippen molar-refractivity contribution in [1.82, 2.24) is 4.90 Å². The Morgan fingerprint density at radius 3 is 2.52 bits per heavy atom. The van der Waals surface area contributed by atoms with E-state index >= 15 is 0 Å². The van der Waals surface area contributed by atoms with Gasteiger partial charge in [0.1, 0.15) is 0 Å². The molecule has 1 aromatic rings. The standard InChI is InChI=1S/C15H22N4O2/c1-16-13-8-14(10-15(9-13)19(20)21)18-6-4-17(5-7-18)11-12-2-3-12/h8-10,12,16H,2-7,11H2,1H3. The number of benzene rings is 1. The van der Waals surface area contributed by atoms with E-state index in [1.54, 1.807) is 19.2 Å². The van der Waals surface area contributed by atoms with Crippen LogP contribution in [-0.2, 0) is 0 Å². The van der Waals surface area contributed by atoms with Crippen LogP contribution in [0.5, 0.6) is 0 Å². The van der Waals surface area contributed by atoms with E-state index in [4.69, 9.17) is 0 Å². The Hall–Kier alpha value is -1.82. The number of nitrogens with zero attached hydrogens (tertiary/aromatic N) is 3. The van der Waals surface area contributed by atoms with Gasteiger partial charge in [0.2, 0.25) is 0 Å². The van der Waals surface area contributed by atoms with Gasteiger partial charge in [-0.1, -0.05) is 0 Å². The van der Waals surface area contributed by atoms with Gasteiger partial charge in [0.15, 0.2) is 0 Å². The predicted octanol–water partition coefficient (Wildman–Crippen LogP) is 2.17. The van der Waals surface area contributed by atoms with Crippen molar-refractivity contribution in [3.8, 4) is 0 Å². The van der Waals surface area contributed by atoms with Gasteiger partial charge in [0.05, 0.1) is 4.92 Å². The molecule has 1 heterocycles. The maximum absolute atomic E-state index is 11.0. The highest BCUT2D eigenvalue weighted by Crippen LogP contribution is 2.31. The molecule has 2 fully saturated rings. The Bertz CT molecular complexity index is 522. The van der Waals surface area contributed by atoms with Crippen LogP contribution < -0.4 is 10.2 Å². The number of nitro benzene ring substituents is 1. The smallest absolute Gasteiger partial charge is 0.273 e. The fourth-order valence-electron chi connectivity index (χ4n) is 2.88. The second kappa shape index (κ2) is 5.89. The van der Waals surface area contributed by atoms with Crippen molar-refractivity contribution in [3.05, 3.63) is 28.3 Å². The van der Waals surface area contributed by atoms with Gasteiger partial charge in [-0.15, -0.1) is 0 Å². The van der Waals surface area contributed by atoms with Gasteiger partial charge >= 0.3 is 0 Å². The summed E-state index contributed by atoms with van der Waals surface area (Å²) in [5.41, 5.74) is 1.89. The first kappa shape index (κ1) is 14.1. The summed E-state index contributed by atoms with van der Waals surface area (Å²) in [7, 11) is 1.79. The predicted molar refractivity (Wildman–Crippen MR) is 84.0 cm³/mol. The topological polar surface area (TPSA) is 61.6 Å². The monoisotopic (exact) mass is 290 g/mol. The molecular weight excluding hydrogens is 268 g/mol. The summed E-state index contributed by atoms with van der Waals surface area (Å²) in [6, 6.07) is 5.24. The molecule has 6 nitrogen and oxygen atoms in total. The first-order valence-corrected chi connectivity index (χ1v) is 7.60. The van der Waals surface area contributed by atoms with Crippen molar-refractivity contribution in [3.63, 3.8) is 0 Å². The van der Waals surface area contributed by atoms with Crippen LogP contribution in [0.15, 0.2) is 18.2 Å². The zero-order valence-corrected chi connectivity index (χ0v) is 12.4. The molecule has 114 valence electrons. The zero-order valence-electron chi connectivity index (χ0n) is 12.4. The number of nitro groups is 1. The molecule has 0 aromatic heterocycles. The lowest BCUT2D eigenvalue weighted by Crippen LogP contribution is -2.47. The van der Waals surface area contributed by atoms with E-state index in [0.717, 1.165) is 43.5 Å². The molecule has 1 aromatic carbocycles. The quantitative estimate of drug-likeness (QED) is 0.665. The highest BCUT2D eigenvalue weighted by Gasteiger charge is 2.26. The summed E-state index contributed by atoms with van der Waals surface area (Å²) in [6.45, 7) is 5.21. The molecule has 0 spiro atoms. The Morgan fingerprint density at radius 2 is 1.95 bits per heavy atom. The van der Waals surface area contributed by atoms with Gasteiger partial charge in [-0.2, -0.15) is 0 Å². The highest BCUT2D eigenvalue weighted by molar-refractivity contribution is 5.64. The maximum Gasteiger partial charge on any atom is 0.273 e. The van der Waals surface area contributed by atoms with E-state index in [1.165, 1.54) is 19.4 Å². The normalized spacial score (nSPS) is 19.6. The second-order valence-electron chi connectivity index (χ2n) is 5.98. The van der Waals surface area contributed by atoms with Crippen molar-refractivity contribution < 1.29 is 4.92 Å². The summed E-state index contributed by atoms with van der Waals surface area (Å²) in [6.07, 6.45) is 2.77. The minimum Gasteiger partial charge on any atom is -0.388 e. The SMILES string of the molecule is CNc1cc(N2CCN(CC3CC3)CC2)cc([N+](=O)[O-])c1. The fourth-order valence-corrected chi connectivity index (χ4v) is 2.88. The minimum absolute atomic E-state index is 0.150. The summed E-state index contributed by atoms with van der Waals surface area (Å²) >= 11 is 0. The lowest BCUT2D eigenvalue weighted by Gasteiger charge is -2.36. The van der Waals surface area contributed by atoms with Crippen molar-refractivity contribution in [1.29, 1.82) is 0 Å². The largest absolute Gasteiger partial charge is 0.388 e. The molecule has 1 saturated carbocycles. The minimum atomic E-state index is -0.326. The lowest BCUT2D eigenvalue weighted by atomic mass is 10.2. The van der Waals surface area contributed by atoms with Gasteiger partial charge in [0.25, 0.3) is 5.69 Å². The van der Waals surface area contributed by atoms with Crippen LogP contribution in [0.4, 0.5) is 17.1 Å². The van der Waals surface area contributed by atoms with Crippen LogP contribution in [0.25, 0.3) is 0 Å². The Morgan fingerprint density at radius 1 is 1.24 bits per heavy atom. The summed E-state index contributed by atoms with van der Waals surface area (Å²) in [5.74, 6) is 0.922. The first-order chi connectivity index (χ1) is 10.2. The Kier molecular flexibility index (Phi) is 3.96. The third-order valence-electron chi connectivity index (χ3n) is 4.35. The summed E-state index contributed by atoms with van der Waals surface area (Å²) < 4.78 is 0. The average molecular weight is 290 g/mol. The maximum atomic E-state index is 11.0. The lowest BCUT2D eigenvalue weighted by molar-refractivity contribution is -0.384. The van der Waals surface area contributed by atoms with Crippen LogP contribution >= 0.6 is 0 Å². The third-order valence-corrected chi connectivity index (χ3v) is 4.35. The molecule has 0 atom stereocenters. The van der Waals surface area contributed by atoms with E-state index < -0.39 is 0 Å². The van der Waals surface area contributed by atoms with Crippen molar-refractivity contribution in [2.45, 2.75) is 12.8 Å². The average Bonchev–Trinajstić information content (AvgIpc) is 3.31. The van der Waals surface area contributed by atoms with Crippen LogP contribution in [0, 0.1) is 16.0 Å². The van der Waals surface area contributed by atoms with E-state index in [1.807, 2.05) is 6.07 Å². The van der Waals surface area contributed by atoms with Crippen molar-refractivity contribution in [2.24, 2.45) is 5.92 Å². The number of nitrogens with one attached hydrogen (secondary N) is 1. The number of anilines is 2. The van der Waals surface area contributed by atoms with E-state index in [9.17, 15) is 10.1 Å². The third kappa shape index (κ3) is 3.44. The Labute approximate surface area is 124 Å². The van der Waals surface area contributed by atoms with Gasteiger partial charge in [-0.3, -0.25) is 15.0 Å². The summed E-state index contributed by atoms with van der Waals surface area (Å²) in [4.78, 5) is 15.5. The van der Waals surface area contributed by atoms with E-state index in [2.05, 4.69) is 15.1 Å². The molecule has 0 bridgehead atoms. The fraction of sp³-hybridized carbons (Fsp3) is 0.600. The molecule has 1 aliphatic carbocycles. The van der Waals surface area contributed by atoms with Crippen molar-refractivity contribution in [2.75, 3.05) is 50.0 Å². The number of hydrogen-bond donors (Lipinski definition) is 1. The molecule has 6 heteroatoms. The molecule has 0 unspecified atom stereocenters. The van der Waals surface area contributed by atoms with E-state index in [0.29, 0.717) is 0 Å². The molecule has 2 aliphatic rings. The number of piperazine rings is 1. The number of rotatable bonds is 5. The van der Waals surface area contributed by atoms with E-state index in [-0.39, 0.29) is 10.6 Å². The van der Waals surface area contributed by atoms with Gasteiger partial charge in [-0.25, -0.2) is 0 Å². The molecule has 0 amide bonds. The molecule has 1 aliphatic heterocycles. The van der Waals surface area contributed by atoms with Crippen LogP contribution in [-0.4, -0.2) is 49.6 Å². The van der Waals surface area contributed by atoms with Gasteiger partial charge < -0.3 is 10.2 Å². The first-order valence-electron chi connectivity index (χ1n) is 7.60. The van der Waals surface area contributed by atoms with Crippen molar-refractivity contribution >= 4 is 17.1 Å². The Balaban J connectivity index is 1.68. The second-order valence-corrected chi connectivity index (χ2v) is 5.98. The van der Waals surface area contributed by atoms with Crippen LogP contribution in [0.3, 0.4) is 0 Å². The van der Waals surface area contributed by atoms with Crippen LogP contribution in [0.2, 0.25) is 0 Å². The number of non-ortho nitro benzene ring substituents is 1. The van der Waals surface area contributed by atoms with Gasteiger partial charge in [-0.05, 0) is 24.8 Å². The van der Waals surface area contributed by atoms with Crippen LogP contribution in [0.1, 0.15) is 12.8 Å². The van der Waals surface area contributed by atoms with Gasteiger partial charge in [0, 0.05) is 63.3 Å². The molecule has 0 radical (unpaired) electrons. The molecular formula is C15H22N4O2. The molecule has 1 saturated heterocycles. The zero-order chi connectivity index (χ0) is 14.8. The summed E-state index contributed by atoms with van der Waals surface area (Å²) in [5, 5.41) is 14.0. The molecule has 3 rings (SSSR count). The molecule has 21 heavy (non-hydrogen) atoms. The highest BCUT2D eigenvalue weighted by atomic mass is 16.6.